The van der Waals surface area contributed by atoms with E-state index >= 15 is 0 Å². The number of nitrogens with zero attached hydrogens (tertiary/aromatic N) is 9. The summed E-state index contributed by atoms with van der Waals surface area (Å²) in [6.07, 6.45) is 0.111. The summed E-state index contributed by atoms with van der Waals surface area (Å²) in [4.78, 5) is 54.8. The van der Waals surface area contributed by atoms with Gasteiger partial charge in [-0.25, -0.2) is 0 Å². The Kier molecular flexibility index (Phi) is 8.72. The van der Waals surface area contributed by atoms with Crippen molar-refractivity contribution in [1.82, 2.24) is 46.1 Å². The number of carbonyl (C=O) groups excluding carboxylic acids is 3. The Morgan fingerprint density at radius 1 is 1.22 bits per heavy atom. The van der Waals surface area contributed by atoms with Gasteiger partial charge in [-0.3, -0.25) is 29.4 Å². The minimum atomic E-state index is -1.62. The van der Waals surface area contributed by atoms with Crippen molar-refractivity contribution >= 4 is 63.3 Å². The Labute approximate surface area is 272 Å². The highest BCUT2D eigenvalue weighted by atomic mass is 32.2. The van der Waals surface area contributed by atoms with Gasteiger partial charge in [-0.1, -0.05) is 17.0 Å². The molecular formula is C25H25N11O7S3. The number of aromatic amines is 2. The van der Waals surface area contributed by atoms with E-state index in [1.807, 2.05) is 0 Å². The van der Waals surface area contributed by atoms with Crippen molar-refractivity contribution < 1.29 is 28.8 Å². The predicted molar refractivity (Wildman–Crippen MR) is 162 cm³/mol. The van der Waals surface area contributed by atoms with E-state index in [1.165, 1.54) is 71.2 Å². The van der Waals surface area contributed by atoms with Gasteiger partial charge in [-0.2, -0.15) is 10.4 Å². The number of tetrazole rings is 2. The quantitative estimate of drug-likeness (QED) is 0.0536. The number of β-lactam (4-membered cyclic amide) rings is 1. The van der Waals surface area contributed by atoms with Crippen LogP contribution in [0.3, 0.4) is 0 Å². The zero-order valence-corrected chi connectivity index (χ0v) is 26.6. The van der Waals surface area contributed by atoms with E-state index in [2.05, 4.69) is 41.2 Å². The van der Waals surface area contributed by atoms with E-state index in [0.717, 1.165) is 11.8 Å². The number of esters is 1. The van der Waals surface area contributed by atoms with E-state index in [-0.39, 0.29) is 42.1 Å². The number of amides is 2. The van der Waals surface area contributed by atoms with E-state index in [4.69, 9.17) is 9.47 Å². The van der Waals surface area contributed by atoms with Crippen molar-refractivity contribution in [2.75, 3.05) is 24.3 Å². The summed E-state index contributed by atoms with van der Waals surface area (Å²) in [6.45, 7) is 1.09. The van der Waals surface area contributed by atoms with Crippen molar-refractivity contribution in [3.05, 3.63) is 63.3 Å². The predicted octanol–water partition coefficient (Wildman–Crippen LogP) is 1.43. The number of benzene rings is 1. The molecule has 21 heteroatoms. The summed E-state index contributed by atoms with van der Waals surface area (Å²) in [5, 5.41) is 40.7. The van der Waals surface area contributed by atoms with Crippen LogP contribution in [0, 0.1) is 15.5 Å². The fourth-order valence-corrected chi connectivity index (χ4v) is 9.32. The molecule has 2 saturated heterocycles. The van der Waals surface area contributed by atoms with Crippen LogP contribution in [0.1, 0.15) is 18.3 Å². The maximum atomic E-state index is 14.3. The number of ether oxygens (including phenoxy) is 2. The number of nitro benzene ring substituents is 1. The molecule has 2 N–H and O–H groups in total. The molecule has 3 unspecified atom stereocenters. The Balaban J connectivity index is 1.34. The first-order chi connectivity index (χ1) is 22.2. The molecule has 1 aromatic carbocycles. The van der Waals surface area contributed by atoms with Gasteiger partial charge < -0.3 is 14.4 Å². The number of nitrogens with one attached hydrogen (secondary N) is 2. The zero-order valence-electron chi connectivity index (χ0n) is 24.1. The van der Waals surface area contributed by atoms with Crippen LogP contribution in [0.25, 0.3) is 0 Å². The number of nitro groups is 1. The molecule has 0 spiro atoms. The largest absolute Gasteiger partial charge is 0.460 e. The average Bonchev–Trinajstić information content (AvgIpc) is 3.87. The highest BCUT2D eigenvalue weighted by Crippen LogP contribution is 2.54. The van der Waals surface area contributed by atoms with E-state index < -0.39 is 38.6 Å². The molecule has 2 amide bonds. The SMILES string of the molecule is COC1(N(C(C)=O)c2cccs2)C(=O)N2CC(C(=O)OCc3ccc([N+](=O)[O-])cc3)(C(Cc3nn[nH]n3)Sc3nn[nH]n3)CS[C@@H]21. The smallest absolute Gasteiger partial charge is 0.316 e. The Morgan fingerprint density at radius 3 is 2.59 bits per heavy atom. The summed E-state index contributed by atoms with van der Waals surface area (Å²) in [5.74, 6) is -1.07. The van der Waals surface area contributed by atoms with Gasteiger partial charge in [0.2, 0.25) is 11.1 Å². The summed E-state index contributed by atoms with van der Waals surface area (Å²) >= 11 is 3.72. The lowest BCUT2D eigenvalue weighted by molar-refractivity contribution is -0.384. The summed E-state index contributed by atoms with van der Waals surface area (Å²) in [5.41, 5.74) is -2.58. The molecule has 2 fully saturated rings. The molecule has 0 bridgehead atoms. The lowest BCUT2D eigenvalue weighted by atomic mass is 9.81. The molecule has 0 saturated carbocycles. The van der Waals surface area contributed by atoms with Gasteiger partial charge in [-0.15, -0.1) is 43.5 Å². The number of anilines is 1. The Morgan fingerprint density at radius 2 is 1.98 bits per heavy atom. The average molecular weight is 688 g/mol. The van der Waals surface area contributed by atoms with Crippen molar-refractivity contribution in [2.45, 2.75) is 41.5 Å². The number of fused-ring (bicyclic) bond motifs is 1. The monoisotopic (exact) mass is 687 g/mol. The van der Waals surface area contributed by atoms with Crippen LogP contribution in [0.2, 0.25) is 0 Å². The third-order valence-corrected chi connectivity index (χ3v) is 11.4. The van der Waals surface area contributed by atoms with Crippen LogP contribution >= 0.6 is 34.9 Å². The number of hydrogen-bond donors (Lipinski definition) is 2. The number of methoxy groups -OCH3 is 1. The molecule has 18 nitrogen and oxygen atoms in total. The van der Waals surface area contributed by atoms with Gasteiger partial charge in [0.1, 0.15) is 22.4 Å². The minimum absolute atomic E-state index is 0.0990. The second kappa shape index (κ2) is 12.7. The lowest BCUT2D eigenvalue weighted by Crippen LogP contribution is -2.83. The van der Waals surface area contributed by atoms with Gasteiger partial charge in [0.15, 0.2) is 5.82 Å². The maximum Gasteiger partial charge on any atom is 0.316 e. The highest BCUT2D eigenvalue weighted by molar-refractivity contribution is 8.01. The van der Waals surface area contributed by atoms with E-state index in [9.17, 15) is 24.5 Å². The van der Waals surface area contributed by atoms with Crippen molar-refractivity contribution in [3.63, 3.8) is 0 Å². The number of thiophene rings is 1. The number of aromatic nitrogens is 8. The maximum absolute atomic E-state index is 14.3. The molecule has 3 aromatic heterocycles. The van der Waals surface area contributed by atoms with Crippen LogP contribution in [0.15, 0.2) is 46.9 Å². The van der Waals surface area contributed by atoms with E-state index in [1.54, 1.807) is 17.5 Å². The Hall–Kier alpha value is -4.47. The van der Waals surface area contributed by atoms with Crippen LogP contribution < -0.4 is 4.90 Å². The molecule has 46 heavy (non-hydrogen) atoms. The van der Waals surface area contributed by atoms with Crippen LogP contribution in [0.5, 0.6) is 0 Å². The summed E-state index contributed by atoms with van der Waals surface area (Å²) < 4.78 is 11.7. The molecule has 240 valence electrons. The lowest BCUT2D eigenvalue weighted by Gasteiger charge is -2.62. The number of hydrogen-bond acceptors (Lipinski definition) is 16. The van der Waals surface area contributed by atoms with Gasteiger partial charge in [0, 0.05) is 50.1 Å². The molecule has 5 heterocycles. The van der Waals surface area contributed by atoms with Crippen molar-refractivity contribution in [2.24, 2.45) is 5.41 Å². The zero-order chi connectivity index (χ0) is 32.5. The topological polar surface area (TPSA) is 228 Å². The first-order valence-corrected chi connectivity index (χ1v) is 16.4. The molecule has 4 aromatic rings. The van der Waals surface area contributed by atoms with Crippen LogP contribution in [0.4, 0.5) is 10.7 Å². The third-order valence-electron chi connectivity index (χ3n) is 7.69. The second-order valence-corrected chi connectivity index (χ2v) is 13.5. The number of non-ortho nitro benzene ring substituents is 1. The van der Waals surface area contributed by atoms with Gasteiger partial charge in [-0.05, 0) is 40.4 Å². The second-order valence-electron chi connectivity index (χ2n) is 10.3. The molecule has 0 radical (unpaired) electrons. The van der Waals surface area contributed by atoms with Gasteiger partial charge in [0.25, 0.3) is 17.3 Å². The first-order valence-electron chi connectivity index (χ1n) is 13.5. The van der Waals surface area contributed by atoms with Crippen molar-refractivity contribution in [3.8, 4) is 0 Å². The number of H-pyrrole nitrogens is 2. The normalized spacial score (nSPS) is 22.9. The summed E-state index contributed by atoms with van der Waals surface area (Å²) in [6, 6.07) is 9.16. The molecule has 2 aliphatic heterocycles. The summed E-state index contributed by atoms with van der Waals surface area (Å²) in [7, 11) is 1.38. The molecule has 6 rings (SSSR count). The van der Waals surface area contributed by atoms with E-state index in [0.29, 0.717) is 16.4 Å². The van der Waals surface area contributed by atoms with Crippen LogP contribution in [-0.4, -0.2) is 105 Å². The molecule has 2 aliphatic rings. The number of rotatable bonds is 12. The fourth-order valence-electron chi connectivity index (χ4n) is 5.50. The standard InChI is InChI=1S/C25H25N11O7S3/c1-14(37)35(19-4-3-9-44-19)25(42-2)20(38)34-12-24(13-45-21(25)34,22(39)43-11-15-5-7-16(8-6-15)36(40)41)17(10-18-26-30-31-27-18)46-23-28-32-33-29-23/h3-9,17,21H,10-13H2,1-2H3,(H,26,27,30,31)(H,28,29,32,33)/t17?,21-,24?,25?/m1/s1. The number of carbonyl (C=O) groups is 3. The minimum Gasteiger partial charge on any atom is -0.460 e. The van der Waals surface area contributed by atoms with Gasteiger partial charge in [0.05, 0.1) is 4.92 Å². The first kappa shape index (κ1) is 31.5. The Bertz CT molecular complexity index is 1670. The van der Waals surface area contributed by atoms with Crippen molar-refractivity contribution in [1.29, 1.82) is 0 Å². The molecular weight excluding hydrogens is 663 g/mol. The highest BCUT2D eigenvalue weighted by Gasteiger charge is 2.71. The number of thioether (sulfide) groups is 2. The molecule has 0 aliphatic carbocycles. The van der Waals surface area contributed by atoms with Crippen LogP contribution in [-0.2, 0) is 36.9 Å². The fraction of sp³-hybridized carbons (Fsp3) is 0.400. The third kappa shape index (κ3) is 5.48. The van der Waals surface area contributed by atoms with Gasteiger partial charge >= 0.3 is 5.97 Å². The molecule has 4 atom stereocenters.